The summed E-state index contributed by atoms with van der Waals surface area (Å²) in [5.41, 5.74) is 0. The van der Waals surface area contributed by atoms with Crippen molar-refractivity contribution in [3.63, 3.8) is 0 Å². The Kier molecular flexibility index (Phi) is 4.45. The van der Waals surface area contributed by atoms with Crippen molar-refractivity contribution in [1.29, 1.82) is 0 Å². The molecule has 66 valence electrons. The van der Waals surface area contributed by atoms with Crippen LogP contribution in [0.15, 0.2) is 0 Å². The number of piperidine rings is 1. The monoisotopic (exact) mass is 179 g/mol. The second-order valence-corrected chi connectivity index (χ2v) is 3.03. The van der Waals surface area contributed by atoms with Gasteiger partial charge in [0, 0.05) is 6.54 Å². The Labute approximate surface area is 72.6 Å². The van der Waals surface area contributed by atoms with E-state index in [1.54, 1.807) is 0 Å². The Bertz CT molecular complexity index is 140. The van der Waals surface area contributed by atoms with Gasteiger partial charge in [-0.15, -0.1) is 12.4 Å². The second-order valence-electron chi connectivity index (χ2n) is 3.03. The maximum atomic E-state index is 10.5. The summed E-state index contributed by atoms with van der Waals surface area (Å²) >= 11 is 0. The summed E-state index contributed by atoms with van der Waals surface area (Å²) in [7, 11) is 0. The first-order valence-electron chi connectivity index (χ1n) is 3.63. The topological polar surface area (TPSA) is 49.3 Å². The van der Waals surface area contributed by atoms with E-state index in [1.165, 1.54) is 0 Å². The van der Waals surface area contributed by atoms with Gasteiger partial charge in [-0.3, -0.25) is 4.79 Å². The molecule has 2 atom stereocenters. The lowest BCUT2D eigenvalue weighted by Gasteiger charge is -2.24. The molecule has 0 aromatic heterocycles. The van der Waals surface area contributed by atoms with Crippen molar-refractivity contribution >= 4 is 18.4 Å². The van der Waals surface area contributed by atoms with E-state index in [1.807, 2.05) is 0 Å². The summed E-state index contributed by atoms with van der Waals surface area (Å²) in [6.45, 7) is 3.67. The number of hydrogen-bond donors (Lipinski definition) is 2. The zero-order valence-electron chi connectivity index (χ0n) is 6.54. The predicted octanol–water partition coefficient (Wildman–Crippen LogP) is 0.738. The van der Waals surface area contributed by atoms with Crippen molar-refractivity contribution in [2.24, 2.45) is 11.8 Å². The fraction of sp³-hybridized carbons (Fsp3) is 0.857. The van der Waals surface area contributed by atoms with Crippen LogP contribution in [0.3, 0.4) is 0 Å². The lowest BCUT2D eigenvalue weighted by atomic mass is 9.92. The zero-order chi connectivity index (χ0) is 7.56. The predicted molar refractivity (Wildman–Crippen MR) is 45.0 cm³/mol. The molecule has 0 saturated carbocycles. The quantitative estimate of drug-likeness (QED) is 0.624. The molecule has 3 nitrogen and oxygen atoms in total. The third-order valence-corrected chi connectivity index (χ3v) is 1.92. The van der Waals surface area contributed by atoms with Crippen LogP contribution in [0, 0.1) is 11.8 Å². The highest BCUT2D eigenvalue weighted by molar-refractivity contribution is 5.85. The van der Waals surface area contributed by atoms with Gasteiger partial charge in [0.15, 0.2) is 0 Å². The highest BCUT2D eigenvalue weighted by Crippen LogP contribution is 2.15. The third-order valence-electron chi connectivity index (χ3n) is 1.92. The van der Waals surface area contributed by atoms with Crippen LogP contribution >= 0.6 is 12.4 Å². The minimum Gasteiger partial charge on any atom is -0.481 e. The molecule has 0 radical (unpaired) electrons. The first-order valence-corrected chi connectivity index (χ1v) is 3.63. The average Bonchev–Trinajstić information content (AvgIpc) is 1.88. The molecule has 1 heterocycles. The first-order chi connectivity index (χ1) is 4.70. The van der Waals surface area contributed by atoms with Crippen LogP contribution in [-0.4, -0.2) is 24.2 Å². The van der Waals surface area contributed by atoms with Crippen molar-refractivity contribution in [3.8, 4) is 0 Å². The summed E-state index contributed by atoms with van der Waals surface area (Å²) in [6.07, 6.45) is 0.822. The molecular formula is C7H14ClNO2. The minimum absolute atomic E-state index is 0. The minimum atomic E-state index is -0.668. The lowest BCUT2D eigenvalue weighted by Crippen LogP contribution is -2.38. The number of rotatable bonds is 1. The Morgan fingerprint density at radius 1 is 1.55 bits per heavy atom. The van der Waals surface area contributed by atoms with Gasteiger partial charge in [0.1, 0.15) is 0 Å². The average molecular weight is 180 g/mol. The number of hydrogen-bond acceptors (Lipinski definition) is 2. The summed E-state index contributed by atoms with van der Waals surface area (Å²) in [6, 6.07) is 0. The molecule has 0 unspecified atom stereocenters. The maximum Gasteiger partial charge on any atom is 0.307 e. The molecule has 2 N–H and O–H groups in total. The highest BCUT2D eigenvalue weighted by atomic mass is 35.5. The largest absolute Gasteiger partial charge is 0.481 e. The van der Waals surface area contributed by atoms with Crippen molar-refractivity contribution in [2.45, 2.75) is 13.3 Å². The van der Waals surface area contributed by atoms with Gasteiger partial charge in [0.05, 0.1) is 5.92 Å². The molecule has 11 heavy (non-hydrogen) atoms. The highest BCUT2D eigenvalue weighted by Gasteiger charge is 2.23. The van der Waals surface area contributed by atoms with Crippen LogP contribution in [0.25, 0.3) is 0 Å². The SMILES string of the molecule is C[C@@H]1CNC[C@H](C(=O)O)C1.Cl. The van der Waals surface area contributed by atoms with E-state index in [9.17, 15) is 4.79 Å². The van der Waals surface area contributed by atoms with E-state index in [0.717, 1.165) is 13.0 Å². The van der Waals surface area contributed by atoms with Gasteiger partial charge in [-0.1, -0.05) is 6.92 Å². The Balaban J connectivity index is 0.000001000. The molecule has 1 aliphatic rings. The lowest BCUT2D eigenvalue weighted by molar-refractivity contribution is -0.142. The Hall–Kier alpha value is -0.280. The molecule has 0 bridgehead atoms. The van der Waals surface area contributed by atoms with Crippen LogP contribution in [0.2, 0.25) is 0 Å². The molecule has 0 aromatic rings. The fourth-order valence-electron chi connectivity index (χ4n) is 1.34. The molecule has 0 aromatic carbocycles. The number of aliphatic carboxylic acids is 1. The van der Waals surface area contributed by atoms with E-state index in [4.69, 9.17) is 5.11 Å². The summed E-state index contributed by atoms with van der Waals surface area (Å²) in [4.78, 5) is 10.5. The van der Waals surface area contributed by atoms with Gasteiger partial charge < -0.3 is 10.4 Å². The van der Waals surface area contributed by atoms with Crippen molar-refractivity contribution in [2.75, 3.05) is 13.1 Å². The number of carboxylic acids is 1. The molecule has 0 amide bonds. The summed E-state index contributed by atoms with van der Waals surface area (Å²) in [5, 5.41) is 11.7. The molecule has 1 aliphatic heterocycles. The summed E-state index contributed by atoms with van der Waals surface area (Å²) < 4.78 is 0. The van der Waals surface area contributed by atoms with E-state index < -0.39 is 5.97 Å². The van der Waals surface area contributed by atoms with E-state index in [2.05, 4.69) is 12.2 Å². The molecular weight excluding hydrogens is 166 g/mol. The van der Waals surface area contributed by atoms with Gasteiger partial charge in [-0.25, -0.2) is 0 Å². The summed E-state index contributed by atoms with van der Waals surface area (Å²) in [5.74, 6) is -0.322. The smallest absolute Gasteiger partial charge is 0.307 e. The zero-order valence-corrected chi connectivity index (χ0v) is 7.36. The number of nitrogens with one attached hydrogen (secondary N) is 1. The fourth-order valence-corrected chi connectivity index (χ4v) is 1.34. The van der Waals surface area contributed by atoms with Crippen molar-refractivity contribution in [3.05, 3.63) is 0 Å². The van der Waals surface area contributed by atoms with E-state index >= 15 is 0 Å². The van der Waals surface area contributed by atoms with Gasteiger partial charge in [0.2, 0.25) is 0 Å². The maximum absolute atomic E-state index is 10.5. The number of carbonyl (C=O) groups is 1. The van der Waals surface area contributed by atoms with Crippen LogP contribution in [0.5, 0.6) is 0 Å². The van der Waals surface area contributed by atoms with Crippen LogP contribution < -0.4 is 5.32 Å². The molecule has 0 aliphatic carbocycles. The normalized spacial score (nSPS) is 30.6. The van der Waals surface area contributed by atoms with Gasteiger partial charge in [-0.2, -0.15) is 0 Å². The van der Waals surface area contributed by atoms with Crippen molar-refractivity contribution < 1.29 is 9.90 Å². The Morgan fingerprint density at radius 2 is 2.18 bits per heavy atom. The van der Waals surface area contributed by atoms with E-state index in [0.29, 0.717) is 12.5 Å². The standard InChI is InChI=1S/C7H13NO2.ClH/c1-5-2-6(7(9)10)4-8-3-5;/h5-6,8H,2-4H2,1H3,(H,9,10);1H/t5-,6+;/m0./s1. The van der Waals surface area contributed by atoms with Gasteiger partial charge >= 0.3 is 5.97 Å². The molecule has 4 heteroatoms. The first kappa shape index (κ1) is 10.7. The van der Waals surface area contributed by atoms with E-state index in [-0.39, 0.29) is 18.3 Å². The molecule has 1 rings (SSSR count). The van der Waals surface area contributed by atoms with Crippen molar-refractivity contribution in [1.82, 2.24) is 5.32 Å². The molecule has 1 saturated heterocycles. The molecule has 1 fully saturated rings. The number of halogens is 1. The van der Waals surface area contributed by atoms with Gasteiger partial charge in [0.25, 0.3) is 0 Å². The van der Waals surface area contributed by atoms with Crippen LogP contribution in [0.1, 0.15) is 13.3 Å². The van der Waals surface area contributed by atoms with Gasteiger partial charge in [-0.05, 0) is 18.9 Å². The third kappa shape index (κ3) is 3.08. The second kappa shape index (κ2) is 4.57. The van der Waals surface area contributed by atoms with Crippen LogP contribution in [-0.2, 0) is 4.79 Å². The van der Waals surface area contributed by atoms with Crippen LogP contribution in [0.4, 0.5) is 0 Å². The Morgan fingerprint density at radius 3 is 2.55 bits per heavy atom. The number of carboxylic acid groups (broad SMARTS) is 1. The molecule has 0 spiro atoms.